The van der Waals surface area contributed by atoms with Crippen LogP contribution in [-0.2, 0) is 0 Å². The Kier molecular flexibility index (Phi) is 3.45. The minimum atomic E-state index is -0.0455. The first-order valence-electron chi connectivity index (χ1n) is 6.26. The zero-order chi connectivity index (χ0) is 9.97. The number of rotatable bonds is 4. The van der Waals surface area contributed by atoms with Crippen LogP contribution in [0.3, 0.4) is 0 Å². The lowest BCUT2D eigenvalue weighted by molar-refractivity contribution is 0.0154. The van der Waals surface area contributed by atoms with Crippen molar-refractivity contribution in [2.24, 2.45) is 0 Å². The molecule has 0 spiro atoms. The Morgan fingerprint density at radius 1 is 1.14 bits per heavy atom. The fourth-order valence-electron chi connectivity index (χ4n) is 2.76. The fourth-order valence-corrected chi connectivity index (χ4v) is 2.76. The van der Waals surface area contributed by atoms with E-state index < -0.39 is 0 Å². The van der Waals surface area contributed by atoms with E-state index in [0.717, 1.165) is 12.5 Å². The van der Waals surface area contributed by atoms with Gasteiger partial charge in [-0.2, -0.15) is 0 Å². The average molecular weight is 197 g/mol. The van der Waals surface area contributed by atoms with Crippen LogP contribution in [0.15, 0.2) is 0 Å². The molecule has 0 amide bonds. The highest BCUT2D eigenvalue weighted by Gasteiger charge is 2.37. The summed E-state index contributed by atoms with van der Waals surface area (Å²) in [5, 5.41) is 10.0. The summed E-state index contributed by atoms with van der Waals surface area (Å²) < 4.78 is 0. The number of aliphatic hydroxyl groups excluding tert-OH is 1. The minimum absolute atomic E-state index is 0.0455. The molecule has 2 aliphatic rings. The van der Waals surface area contributed by atoms with E-state index in [0.29, 0.717) is 6.04 Å². The number of nitrogens with zero attached hydrogens (tertiary/aromatic N) is 1. The molecule has 2 fully saturated rings. The SMILES string of the molecule is CCCN(C1CC1)[C@H]1CCCC[C@@H]1O. The van der Waals surface area contributed by atoms with Gasteiger partial charge in [0.05, 0.1) is 6.10 Å². The van der Waals surface area contributed by atoms with Gasteiger partial charge in [0.2, 0.25) is 0 Å². The van der Waals surface area contributed by atoms with E-state index in [1.807, 2.05) is 0 Å². The van der Waals surface area contributed by atoms with Crippen LogP contribution in [0.4, 0.5) is 0 Å². The van der Waals surface area contributed by atoms with Crippen molar-refractivity contribution in [3.63, 3.8) is 0 Å². The standard InChI is InChI=1S/C12H23NO/c1-2-9-13(10-7-8-10)11-5-3-4-6-12(11)14/h10-12,14H,2-9H2,1H3/t11-,12-/m0/s1. The maximum absolute atomic E-state index is 10.0. The van der Waals surface area contributed by atoms with Crippen LogP contribution < -0.4 is 0 Å². The van der Waals surface area contributed by atoms with Gasteiger partial charge in [-0.25, -0.2) is 0 Å². The fraction of sp³-hybridized carbons (Fsp3) is 1.00. The van der Waals surface area contributed by atoms with Gasteiger partial charge >= 0.3 is 0 Å². The molecule has 0 aliphatic heterocycles. The summed E-state index contributed by atoms with van der Waals surface area (Å²) in [4.78, 5) is 2.59. The average Bonchev–Trinajstić information content (AvgIpc) is 2.99. The molecule has 82 valence electrons. The topological polar surface area (TPSA) is 23.5 Å². The maximum Gasteiger partial charge on any atom is 0.0695 e. The van der Waals surface area contributed by atoms with Crippen molar-refractivity contribution in [1.82, 2.24) is 4.90 Å². The second-order valence-corrected chi connectivity index (χ2v) is 4.89. The lowest BCUT2D eigenvalue weighted by Crippen LogP contribution is -2.46. The number of aliphatic hydroxyl groups is 1. The molecule has 2 aliphatic carbocycles. The van der Waals surface area contributed by atoms with Crippen molar-refractivity contribution in [3.8, 4) is 0 Å². The Hall–Kier alpha value is -0.0800. The molecule has 0 aromatic carbocycles. The molecule has 0 unspecified atom stereocenters. The molecule has 2 saturated carbocycles. The summed E-state index contributed by atoms with van der Waals surface area (Å²) in [6, 6.07) is 1.30. The molecule has 0 bridgehead atoms. The Balaban J connectivity index is 1.93. The summed E-state index contributed by atoms with van der Waals surface area (Å²) in [7, 11) is 0. The molecule has 0 radical (unpaired) electrons. The molecule has 2 nitrogen and oxygen atoms in total. The van der Waals surface area contributed by atoms with E-state index >= 15 is 0 Å². The summed E-state index contributed by atoms with van der Waals surface area (Å²) in [6.07, 6.45) is 8.69. The normalized spacial score (nSPS) is 33.6. The minimum Gasteiger partial charge on any atom is -0.391 e. The lowest BCUT2D eigenvalue weighted by Gasteiger charge is -2.37. The molecule has 0 aromatic rings. The first kappa shape index (κ1) is 10.4. The smallest absolute Gasteiger partial charge is 0.0695 e. The zero-order valence-electron chi connectivity index (χ0n) is 9.28. The first-order valence-corrected chi connectivity index (χ1v) is 6.26. The van der Waals surface area contributed by atoms with Crippen LogP contribution in [0, 0.1) is 0 Å². The van der Waals surface area contributed by atoms with Gasteiger partial charge in [-0.1, -0.05) is 19.8 Å². The summed E-state index contributed by atoms with van der Waals surface area (Å²) in [5.74, 6) is 0. The second-order valence-electron chi connectivity index (χ2n) is 4.89. The van der Waals surface area contributed by atoms with Crippen LogP contribution in [0.2, 0.25) is 0 Å². The van der Waals surface area contributed by atoms with Crippen LogP contribution in [-0.4, -0.2) is 34.7 Å². The van der Waals surface area contributed by atoms with Gasteiger partial charge in [-0.15, -0.1) is 0 Å². The third-order valence-corrected chi connectivity index (χ3v) is 3.62. The molecule has 0 saturated heterocycles. The third kappa shape index (κ3) is 2.29. The van der Waals surface area contributed by atoms with Crippen molar-refractivity contribution in [2.45, 2.75) is 70.1 Å². The second kappa shape index (κ2) is 4.63. The molecular weight excluding hydrogens is 174 g/mol. The van der Waals surface area contributed by atoms with Gasteiger partial charge < -0.3 is 5.11 Å². The van der Waals surface area contributed by atoms with Crippen LogP contribution in [0.25, 0.3) is 0 Å². The van der Waals surface area contributed by atoms with Gasteiger partial charge in [0.1, 0.15) is 0 Å². The van der Waals surface area contributed by atoms with E-state index in [1.54, 1.807) is 0 Å². The van der Waals surface area contributed by atoms with Gasteiger partial charge in [-0.3, -0.25) is 4.90 Å². The summed E-state index contributed by atoms with van der Waals surface area (Å²) >= 11 is 0. The zero-order valence-corrected chi connectivity index (χ0v) is 9.28. The van der Waals surface area contributed by atoms with Crippen LogP contribution in [0.5, 0.6) is 0 Å². The molecular formula is C12H23NO. The quantitative estimate of drug-likeness (QED) is 0.746. The highest BCUT2D eigenvalue weighted by molar-refractivity contribution is 4.92. The van der Waals surface area contributed by atoms with Gasteiger partial charge in [0.25, 0.3) is 0 Å². The van der Waals surface area contributed by atoms with Crippen molar-refractivity contribution in [3.05, 3.63) is 0 Å². The maximum atomic E-state index is 10.0. The molecule has 2 rings (SSSR count). The summed E-state index contributed by atoms with van der Waals surface area (Å²) in [5.41, 5.74) is 0. The highest BCUT2D eigenvalue weighted by Crippen LogP contribution is 2.33. The van der Waals surface area contributed by atoms with Gasteiger partial charge in [0, 0.05) is 12.1 Å². The van der Waals surface area contributed by atoms with Crippen LogP contribution >= 0.6 is 0 Å². The Bertz CT molecular complexity index is 177. The van der Waals surface area contributed by atoms with E-state index in [1.165, 1.54) is 45.1 Å². The Morgan fingerprint density at radius 2 is 1.86 bits per heavy atom. The third-order valence-electron chi connectivity index (χ3n) is 3.62. The largest absolute Gasteiger partial charge is 0.391 e. The first-order chi connectivity index (χ1) is 6.83. The number of hydrogen-bond donors (Lipinski definition) is 1. The van der Waals surface area contributed by atoms with Crippen molar-refractivity contribution >= 4 is 0 Å². The van der Waals surface area contributed by atoms with E-state index in [9.17, 15) is 5.11 Å². The molecule has 0 aromatic heterocycles. The van der Waals surface area contributed by atoms with E-state index in [-0.39, 0.29) is 6.10 Å². The van der Waals surface area contributed by atoms with E-state index in [4.69, 9.17) is 0 Å². The Morgan fingerprint density at radius 3 is 2.43 bits per heavy atom. The lowest BCUT2D eigenvalue weighted by atomic mass is 9.91. The highest BCUT2D eigenvalue weighted by atomic mass is 16.3. The van der Waals surface area contributed by atoms with Gasteiger partial charge in [-0.05, 0) is 38.6 Å². The molecule has 14 heavy (non-hydrogen) atoms. The predicted molar refractivity (Wildman–Crippen MR) is 58.3 cm³/mol. The van der Waals surface area contributed by atoms with E-state index in [2.05, 4.69) is 11.8 Å². The molecule has 0 heterocycles. The van der Waals surface area contributed by atoms with Gasteiger partial charge in [0.15, 0.2) is 0 Å². The molecule has 2 atom stereocenters. The Labute approximate surface area is 87.3 Å². The molecule has 2 heteroatoms. The predicted octanol–water partition coefficient (Wildman–Crippen LogP) is 2.16. The van der Waals surface area contributed by atoms with Crippen molar-refractivity contribution < 1.29 is 5.11 Å². The van der Waals surface area contributed by atoms with Crippen LogP contribution in [0.1, 0.15) is 51.9 Å². The summed E-state index contributed by atoms with van der Waals surface area (Å²) in [6.45, 7) is 3.43. The number of hydrogen-bond acceptors (Lipinski definition) is 2. The monoisotopic (exact) mass is 197 g/mol. The molecule has 1 N–H and O–H groups in total. The van der Waals surface area contributed by atoms with Crippen molar-refractivity contribution in [1.29, 1.82) is 0 Å². The van der Waals surface area contributed by atoms with Crippen molar-refractivity contribution in [2.75, 3.05) is 6.54 Å².